The number of nitrogens with zero attached hydrogens (tertiary/aromatic N) is 3. The van der Waals surface area contributed by atoms with E-state index in [1.165, 1.54) is 0 Å². The summed E-state index contributed by atoms with van der Waals surface area (Å²) in [6, 6.07) is 5.30. The first-order valence-corrected chi connectivity index (χ1v) is 8.07. The van der Waals surface area contributed by atoms with Gasteiger partial charge >= 0.3 is 0 Å². The molecule has 2 aromatic heterocycles. The highest BCUT2D eigenvalue weighted by Gasteiger charge is 2.14. The van der Waals surface area contributed by atoms with E-state index in [0.717, 1.165) is 39.8 Å². The van der Waals surface area contributed by atoms with E-state index in [9.17, 15) is 4.79 Å². The van der Waals surface area contributed by atoms with Crippen molar-refractivity contribution >= 4 is 33.5 Å². The van der Waals surface area contributed by atoms with Gasteiger partial charge in [0.25, 0.3) is 0 Å². The van der Waals surface area contributed by atoms with E-state index in [-0.39, 0.29) is 0 Å². The SMILES string of the molecule is C=C(C)/C=C(/c1ncc2c(n1)[nH]c1ccc(C(N)=O)cc12)N(C)CC. The second-order valence-corrected chi connectivity index (χ2v) is 6.10. The van der Waals surface area contributed by atoms with Crippen molar-refractivity contribution in [2.24, 2.45) is 5.73 Å². The lowest BCUT2D eigenvalue weighted by Crippen LogP contribution is -2.17. The number of carbonyl (C=O) groups excluding carboxylic acids is 1. The minimum Gasteiger partial charge on any atom is -0.372 e. The molecular weight excluding hydrogens is 314 g/mol. The molecule has 0 saturated heterocycles. The molecule has 0 aliphatic carbocycles. The van der Waals surface area contributed by atoms with Crippen LogP contribution in [0.3, 0.4) is 0 Å². The maximum Gasteiger partial charge on any atom is 0.248 e. The first-order chi connectivity index (χ1) is 11.9. The molecule has 0 radical (unpaired) electrons. The lowest BCUT2D eigenvalue weighted by Gasteiger charge is -2.19. The van der Waals surface area contributed by atoms with Gasteiger partial charge in [-0.25, -0.2) is 9.97 Å². The molecule has 0 aliphatic heterocycles. The second-order valence-electron chi connectivity index (χ2n) is 6.10. The van der Waals surface area contributed by atoms with Crippen LogP contribution in [-0.4, -0.2) is 39.4 Å². The lowest BCUT2D eigenvalue weighted by atomic mass is 10.1. The van der Waals surface area contributed by atoms with Crippen molar-refractivity contribution in [1.82, 2.24) is 19.9 Å². The number of nitrogens with two attached hydrogens (primary N) is 1. The first kappa shape index (κ1) is 16.7. The third-order valence-corrected chi connectivity index (χ3v) is 4.13. The van der Waals surface area contributed by atoms with E-state index < -0.39 is 5.91 Å². The summed E-state index contributed by atoms with van der Waals surface area (Å²) in [5.41, 5.74) is 9.29. The highest BCUT2D eigenvalue weighted by atomic mass is 16.1. The van der Waals surface area contributed by atoms with Crippen molar-refractivity contribution in [3.63, 3.8) is 0 Å². The van der Waals surface area contributed by atoms with Crippen molar-refractivity contribution in [2.75, 3.05) is 13.6 Å². The summed E-state index contributed by atoms with van der Waals surface area (Å²) in [6.45, 7) is 8.79. The van der Waals surface area contributed by atoms with Crippen molar-refractivity contribution in [3.8, 4) is 0 Å². The summed E-state index contributed by atoms with van der Waals surface area (Å²) >= 11 is 0. The molecule has 3 aromatic rings. The molecule has 6 heteroatoms. The van der Waals surface area contributed by atoms with E-state index >= 15 is 0 Å². The van der Waals surface area contributed by atoms with Gasteiger partial charge in [-0.2, -0.15) is 0 Å². The molecule has 0 bridgehead atoms. The molecule has 3 N–H and O–H groups in total. The predicted octanol–water partition coefficient (Wildman–Crippen LogP) is 3.08. The number of rotatable bonds is 5. The minimum absolute atomic E-state index is 0.454. The summed E-state index contributed by atoms with van der Waals surface area (Å²) in [4.78, 5) is 26.0. The van der Waals surface area contributed by atoms with Crippen molar-refractivity contribution in [3.05, 3.63) is 54.0 Å². The van der Waals surface area contributed by atoms with Crippen LogP contribution < -0.4 is 5.73 Å². The number of nitrogens with one attached hydrogen (secondary N) is 1. The zero-order valence-electron chi connectivity index (χ0n) is 14.6. The van der Waals surface area contributed by atoms with Gasteiger partial charge in [-0.1, -0.05) is 12.2 Å². The van der Waals surface area contributed by atoms with Gasteiger partial charge in [0, 0.05) is 41.6 Å². The number of carbonyl (C=O) groups is 1. The number of aromatic amines is 1. The zero-order valence-corrected chi connectivity index (χ0v) is 14.6. The quantitative estimate of drug-likeness (QED) is 0.701. The Balaban J connectivity index is 2.18. The number of H-pyrrole nitrogens is 1. The lowest BCUT2D eigenvalue weighted by molar-refractivity contribution is 0.100. The molecule has 0 unspecified atom stereocenters. The van der Waals surface area contributed by atoms with Gasteiger partial charge in [-0.3, -0.25) is 4.79 Å². The molecule has 0 fully saturated rings. The Morgan fingerprint density at radius 1 is 1.40 bits per heavy atom. The summed E-state index contributed by atoms with van der Waals surface area (Å²) in [7, 11) is 1.99. The molecule has 6 nitrogen and oxygen atoms in total. The average molecular weight is 335 g/mol. The fourth-order valence-corrected chi connectivity index (χ4v) is 2.70. The van der Waals surface area contributed by atoms with Crippen LogP contribution in [0.15, 0.2) is 42.6 Å². The number of aromatic nitrogens is 3. The van der Waals surface area contributed by atoms with Crippen LogP contribution in [0.25, 0.3) is 27.6 Å². The first-order valence-electron chi connectivity index (χ1n) is 8.07. The Kier molecular flexibility index (Phi) is 4.27. The summed E-state index contributed by atoms with van der Waals surface area (Å²) in [5.74, 6) is 0.173. The molecule has 2 heterocycles. The molecule has 1 aromatic carbocycles. The smallest absolute Gasteiger partial charge is 0.248 e. The maximum absolute atomic E-state index is 11.4. The standard InChI is InChI=1S/C19H21N5O/c1-5-24(4)16(8-11(2)3)19-21-10-14-13-9-12(17(20)25)6-7-15(13)22-18(14)23-19/h6-10H,2,5H2,1,3-4H3,(H2,20,25)(H,21,22,23)/b16-8-. The largest absolute Gasteiger partial charge is 0.372 e. The van der Waals surface area contributed by atoms with E-state index in [4.69, 9.17) is 5.73 Å². The van der Waals surface area contributed by atoms with Crippen LogP contribution in [-0.2, 0) is 0 Å². The van der Waals surface area contributed by atoms with Gasteiger partial charge in [0.05, 0.1) is 5.70 Å². The molecular formula is C19H21N5O. The minimum atomic E-state index is -0.454. The number of hydrogen-bond donors (Lipinski definition) is 2. The van der Waals surface area contributed by atoms with Crippen LogP contribution in [0.1, 0.15) is 30.0 Å². The van der Waals surface area contributed by atoms with E-state index in [1.54, 1.807) is 18.3 Å². The molecule has 1 amide bonds. The molecule has 0 atom stereocenters. The average Bonchev–Trinajstić information content (AvgIpc) is 2.95. The highest BCUT2D eigenvalue weighted by Crippen LogP contribution is 2.26. The zero-order chi connectivity index (χ0) is 18.1. The van der Waals surface area contributed by atoms with Crippen molar-refractivity contribution in [2.45, 2.75) is 13.8 Å². The molecule has 0 aliphatic rings. The highest BCUT2D eigenvalue weighted by molar-refractivity contribution is 6.08. The Morgan fingerprint density at radius 2 is 2.16 bits per heavy atom. The third kappa shape index (κ3) is 3.10. The van der Waals surface area contributed by atoms with Gasteiger partial charge in [-0.15, -0.1) is 0 Å². The van der Waals surface area contributed by atoms with E-state index in [0.29, 0.717) is 11.4 Å². The van der Waals surface area contributed by atoms with E-state index in [1.807, 2.05) is 26.1 Å². The fraction of sp³-hybridized carbons (Fsp3) is 0.211. The normalized spacial score (nSPS) is 11.9. The molecule has 0 saturated carbocycles. The Bertz CT molecular complexity index is 1020. The Hall–Kier alpha value is -3.15. The number of primary amides is 1. The third-order valence-electron chi connectivity index (χ3n) is 4.13. The molecule has 128 valence electrons. The van der Waals surface area contributed by atoms with E-state index in [2.05, 4.69) is 33.4 Å². The van der Waals surface area contributed by atoms with Crippen LogP contribution in [0.5, 0.6) is 0 Å². The Labute approximate surface area is 146 Å². The van der Waals surface area contributed by atoms with Gasteiger partial charge in [0.1, 0.15) is 5.65 Å². The number of benzene rings is 1. The van der Waals surface area contributed by atoms with Gasteiger partial charge in [0.2, 0.25) is 5.91 Å². The summed E-state index contributed by atoms with van der Waals surface area (Å²) < 4.78 is 0. The number of allylic oxidation sites excluding steroid dienone is 2. The maximum atomic E-state index is 11.4. The molecule has 3 rings (SSSR count). The van der Waals surface area contributed by atoms with Gasteiger partial charge in [0.15, 0.2) is 5.82 Å². The fourth-order valence-electron chi connectivity index (χ4n) is 2.70. The van der Waals surface area contributed by atoms with Gasteiger partial charge < -0.3 is 15.6 Å². The van der Waals surface area contributed by atoms with Crippen LogP contribution in [0, 0.1) is 0 Å². The van der Waals surface area contributed by atoms with Crippen LogP contribution in [0.2, 0.25) is 0 Å². The topological polar surface area (TPSA) is 87.9 Å². The van der Waals surface area contributed by atoms with Gasteiger partial charge in [-0.05, 0) is 38.1 Å². The number of hydrogen-bond acceptors (Lipinski definition) is 4. The van der Waals surface area contributed by atoms with Crippen molar-refractivity contribution < 1.29 is 4.79 Å². The number of fused-ring (bicyclic) bond motifs is 3. The summed E-state index contributed by atoms with van der Waals surface area (Å²) in [5, 5.41) is 1.74. The van der Waals surface area contributed by atoms with Crippen LogP contribution in [0.4, 0.5) is 0 Å². The number of amides is 1. The predicted molar refractivity (Wildman–Crippen MR) is 101 cm³/mol. The molecule has 0 spiro atoms. The Morgan fingerprint density at radius 3 is 2.80 bits per heavy atom. The summed E-state index contributed by atoms with van der Waals surface area (Å²) in [6.07, 6.45) is 3.75. The molecule has 25 heavy (non-hydrogen) atoms. The van der Waals surface area contributed by atoms with Crippen molar-refractivity contribution in [1.29, 1.82) is 0 Å². The van der Waals surface area contributed by atoms with Crippen LogP contribution >= 0.6 is 0 Å². The monoisotopic (exact) mass is 335 g/mol. The second kappa shape index (κ2) is 6.39.